The van der Waals surface area contributed by atoms with Crippen LogP contribution in [0.5, 0.6) is 5.75 Å². The number of amides is 2. The van der Waals surface area contributed by atoms with Gasteiger partial charge in [-0.3, -0.25) is 9.59 Å². The number of carbonyl (C=O) groups is 2. The molecule has 1 fully saturated rings. The van der Waals surface area contributed by atoms with Gasteiger partial charge in [0, 0.05) is 39.7 Å². The number of methoxy groups -OCH3 is 1. The summed E-state index contributed by atoms with van der Waals surface area (Å²) in [5, 5.41) is 0. The Morgan fingerprint density at radius 2 is 1.67 bits per heavy atom. The molecule has 0 aromatic heterocycles. The summed E-state index contributed by atoms with van der Waals surface area (Å²) in [6, 6.07) is 9.60. The van der Waals surface area contributed by atoms with Crippen LogP contribution in [0.1, 0.15) is 19.3 Å². The second-order valence-corrected chi connectivity index (χ2v) is 5.81. The standard InChI is InChI=1S/C18H26N2O4/c1-23-15-18(22)20-11-6-10-19(12-13-20)17(21)9-5-14-24-16-7-3-2-4-8-16/h2-4,7-8H,5-6,9-15H2,1H3. The lowest BCUT2D eigenvalue weighted by Gasteiger charge is -2.22. The lowest BCUT2D eigenvalue weighted by molar-refractivity contribution is -0.136. The molecule has 0 aliphatic carbocycles. The number of benzene rings is 1. The van der Waals surface area contributed by atoms with Gasteiger partial charge in [-0.05, 0) is 25.0 Å². The van der Waals surface area contributed by atoms with Crippen LogP contribution < -0.4 is 4.74 Å². The number of hydrogen-bond acceptors (Lipinski definition) is 4. The number of carbonyl (C=O) groups excluding carboxylic acids is 2. The van der Waals surface area contributed by atoms with Crippen LogP contribution in [0.15, 0.2) is 30.3 Å². The maximum absolute atomic E-state index is 12.3. The van der Waals surface area contributed by atoms with Crippen molar-refractivity contribution < 1.29 is 19.1 Å². The van der Waals surface area contributed by atoms with E-state index >= 15 is 0 Å². The molecule has 1 aromatic carbocycles. The molecule has 2 amide bonds. The molecule has 132 valence electrons. The molecule has 1 aromatic rings. The van der Waals surface area contributed by atoms with Gasteiger partial charge in [0.2, 0.25) is 11.8 Å². The molecule has 24 heavy (non-hydrogen) atoms. The van der Waals surface area contributed by atoms with E-state index in [9.17, 15) is 9.59 Å². The van der Waals surface area contributed by atoms with Crippen LogP contribution in [0.2, 0.25) is 0 Å². The van der Waals surface area contributed by atoms with Crippen molar-refractivity contribution in [1.82, 2.24) is 9.80 Å². The lowest BCUT2D eigenvalue weighted by atomic mass is 10.2. The number of rotatable bonds is 7. The number of ether oxygens (including phenoxy) is 2. The molecule has 0 N–H and O–H groups in total. The summed E-state index contributed by atoms with van der Waals surface area (Å²) in [6.07, 6.45) is 1.97. The Balaban J connectivity index is 1.68. The Labute approximate surface area is 143 Å². The second kappa shape index (κ2) is 9.93. The Hall–Kier alpha value is -2.08. The first kappa shape index (κ1) is 18.3. The van der Waals surface area contributed by atoms with Crippen LogP contribution in [0.3, 0.4) is 0 Å². The van der Waals surface area contributed by atoms with Crippen molar-refractivity contribution in [3.8, 4) is 5.75 Å². The van der Waals surface area contributed by atoms with Gasteiger partial charge in [-0.15, -0.1) is 0 Å². The molecule has 2 rings (SSSR count). The molecule has 1 saturated heterocycles. The minimum Gasteiger partial charge on any atom is -0.494 e. The molecule has 0 bridgehead atoms. The minimum atomic E-state index is -0.0111. The topological polar surface area (TPSA) is 59.1 Å². The zero-order valence-corrected chi connectivity index (χ0v) is 14.3. The zero-order chi connectivity index (χ0) is 17.2. The van der Waals surface area contributed by atoms with Crippen LogP contribution in [0.25, 0.3) is 0 Å². The fourth-order valence-corrected chi connectivity index (χ4v) is 2.72. The third-order valence-electron chi connectivity index (χ3n) is 4.02. The predicted molar refractivity (Wildman–Crippen MR) is 90.8 cm³/mol. The first-order valence-corrected chi connectivity index (χ1v) is 8.43. The first-order chi connectivity index (χ1) is 11.7. The van der Waals surface area contributed by atoms with Crippen molar-refractivity contribution in [2.75, 3.05) is 46.5 Å². The molecule has 6 heteroatoms. The van der Waals surface area contributed by atoms with E-state index in [0.717, 1.165) is 12.2 Å². The molecule has 0 radical (unpaired) electrons. The highest BCUT2D eigenvalue weighted by Crippen LogP contribution is 2.10. The molecule has 1 aliphatic heterocycles. The number of hydrogen-bond donors (Lipinski definition) is 0. The van der Waals surface area contributed by atoms with Gasteiger partial charge in [0.05, 0.1) is 6.61 Å². The quantitative estimate of drug-likeness (QED) is 0.710. The van der Waals surface area contributed by atoms with E-state index in [-0.39, 0.29) is 18.4 Å². The summed E-state index contributed by atoms with van der Waals surface area (Å²) in [5.41, 5.74) is 0. The maximum atomic E-state index is 12.3. The average molecular weight is 334 g/mol. The number of para-hydroxylation sites is 1. The smallest absolute Gasteiger partial charge is 0.248 e. The summed E-state index contributed by atoms with van der Waals surface area (Å²) in [6.45, 7) is 3.19. The van der Waals surface area contributed by atoms with Crippen molar-refractivity contribution in [3.05, 3.63) is 30.3 Å². The molecule has 0 unspecified atom stereocenters. The van der Waals surface area contributed by atoms with E-state index in [0.29, 0.717) is 45.6 Å². The van der Waals surface area contributed by atoms with E-state index in [4.69, 9.17) is 9.47 Å². The summed E-state index contributed by atoms with van der Waals surface area (Å²) in [7, 11) is 1.52. The van der Waals surface area contributed by atoms with Crippen LogP contribution in [-0.2, 0) is 14.3 Å². The average Bonchev–Trinajstić information content (AvgIpc) is 2.86. The largest absolute Gasteiger partial charge is 0.494 e. The third-order valence-corrected chi connectivity index (χ3v) is 4.02. The van der Waals surface area contributed by atoms with Crippen molar-refractivity contribution >= 4 is 11.8 Å². The molecule has 0 atom stereocenters. The van der Waals surface area contributed by atoms with Gasteiger partial charge in [0.25, 0.3) is 0 Å². The molecular formula is C18H26N2O4. The maximum Gasteiger partial charge on any atom is 0.248 e. The monoisotopic (exact) mass is 334 g/mol. The van der Waals surface area contributed by atoms with Crippen LogP contribution in [0, 0.1) is 0 Å². The van der Waals surface area contributed by atoms with Gasteiger partial charge in [-0.2, -0.15) is 0 Å². The second-order valence-electron chi connectivity index (χ2n) is 5.81. The predicted octanol–water partition coefficient (Wildman–Crippen LogP) is 1.55. The van der Waals surface area contributed by atoms with Crippen molar-refractivity contribution in [2.45, 2.75) is 19.3 Å². The Bertz CT molecular complexity index is 521. The summed E-state index contributed by atoms with van der Waals surface area (Å²) in [4.78, 5) is 27.8. The highest BCUT2D eigenvalue weighted by molar-refractivity contribution is 5.78. The van der Waals surface area contributed by atoms with Crippen molar-refractivity contribution in [2.24, 2.45) is 0 Å². The van der Waals surface area contributed by atoms with E-state index in [1.54, 1.807) is 4.90 Å². The Morgan fingerprint density at radius 1 is 1.00 bits per heavy atom. The molecule has 0 saturated carbocycles. The van der Waals surface area contributed by atoms with Gasteiger partial charge < -0.3 is 19.3 Å². The van der Waals surface area contributed by atoms with E-state index in [1.165, 1.54) is 7.11 Å². The van der Waals surface area contributed by atoms with Crippen LogP contribution in [0.4, 0.5) is 0 Å². The highest BCUT2D eigenvalue weighted by atomic mass is 16.5. The van der Waals surface area contributed by atoms with Crippen molar-refractivity contribution in [1.29, 1.82) is 0 Å². The van der Waals surface area contributed by atoms with Crippen LogP contribution in [-0.4, -0.2) is 68.1 Å². The van der Waals surface area contributed by atoms with Gasteiger partial charge in [-0.1, -0.05) is 18.2 Å². The summed E-state index contributed by atoms with van der Waals surface area (Å²) >= 11 is 0. The summed E-state index contributed by atoms with van der Waals surface area (Å²) < 4.78 is 10.5. The lowest BCUT2D eigenvalue weighted by Crippen LogP contribution is -2.38. The normalized spacial score (nSPS) is 15.0. The Kier molecular flexibility index (Phi) is 7.55. The third kappa shape index (κ3) is 5.85. The molecule has 1 aliphatic rings. The summed E-state index contributed by atoms with van der Waals surface area (Å²) in [5.74, 6) is 0.947. The van der Waals surface area contributed by atoms with Crippen LogP contribution >= 0.6 is 0 Å². The first-order valence-electron chi connectivity index (χ1n) is 8.43. The minimum absolute atomic E-state index is 0.0111. The molecule has 0 spiro atoms. The fourth-order valence-electron chi connectivity index (χ4n) is 2.72. The SMILES string of the molecule is COCC(=O)N1CCCN(C(=O)CCCOc2ccccc2)CC1. The number of nitrogens with zero attached hydrogens (tertiary/aromatic N) is 2. The highest BCUT2D eigenvalue weighted by Gasteiger charge is 2.21. The fraction of sp³-hybridized carbons (Fsp3) is 0.556. The van der Waals surface area contributed by atoms with Gasteiger partial charge in [0.1, 0.15) is 12.4 Å². The van der Waals surface area contributed by atoms with E-state index in [2.05, 4.69) is 0 Å². The van der Waals surface area contributed by atoms with Crippen molar-refractivity contribution in [3.63, 3.8) is 0 Å². The Morgan fingerprint density at radius 3 is 2.33 bits per heavy atom. The molecule has 1 heterocycles. The zero-order valence-electron chi connectivity index (χ0n) is 14.3. The van der Waals surface area contributed by atoms with E-state index < -0.39 is 0 Å². The van der Waals surface area contributed by atoms with Gasteiger partial charge in [-0.25, -0.2) is 0 Å². The van der Waals surface area contributed by atoms with Gasteiger partial charge >= 0.3 is 0 Å². The van der Waals surface area contributed by atoms with Gasteiger partial charge in [0.15, 0.2) is 0 Å². The van der Waals surface area contributed by atoms with E-state index in [1.807, 2.05) is 35.2 Å². The molecule has 6 nitrogen and oxygen atoms in total. The molecular weight excluding hydrogens is 308 g/mol.